The standard InChI is InChI=1S/C20H20N2O6/c1-22(2)6-5-21-20(27)11-3-4-16-12(7-11)10-17(28-16)18(25)13-8-14(23)19(26)15(24)9-13/h3-4,7-10,23-24,26H,5-6H2,1-2H3,(H,21,27). The highest BCUT2D eigenvalue weighted by Gasteiger charge is 2.19. The molecule has 0 radical (unpaired) electrons. The van der Waals surface area contributed by atoms with Gasteiger partial charge in [0, 0.05) is 29.6 Å². The minimum atomic E-state index is -0.703. The molecule has 0 saturated carbocycles. The van der Waals surface area contributed by atoms with E-state index in [1.54, 1.807) is 18.2 Å². The fourth-order valence-electron chi connectivity index (χ4n) is 2.67. The van der Waals surface area contributed by atoms with Crippen molar-refractivity contribution in [2.45, 2.75) is 0 Å². The van der Waals surface area contributed by atoms with E-state index >= 15 is 0 Å². The molecule has 3 aromatic rings. The molecule has 0 unspecified atom stereocenters. The molecule has 0 atom stereocenters. The van der Waals surface area contributed by atoms with Crippen LogP contribution >= 0.6 is 0 Å². The smallest absolute Gasteiger partial charge is 0.251 e. The van der Waals surface area contributed by atoms with Crippen LogP contribution in [0.2, 0.25) is 0 Å². The molecule has 0 aliphatic carbocycles. The topological polar surface area (TPSA) is 123 Å². The molecule has 4 N–H and O–H groups in total. The summed E-state index contributed by atoms with van der Waals surface area (Å²) < 4.78 is 5.53. The molecule has 0 bridgehead atoms. The van der Waals surface area contributed by atoms with Crippen LogP contribution < -0.4 is 5.32 Å². The van der Waals surface area contributed by atoms with E-state index in [-0.39, 0.29) is 17.2 Å². The molecule has 8 nitrogen and oxygen atoms in total. The summed E-state index contributed by atoms with van der Waals surface area (Å²) >= 11 is 0. The third kappa shape index (κ3) is 3.91. The number of nitrogens with one attached hydrogen (secondary N) is 1. The van der Waals surface area contributed by atoms with Crippen LogP contribution in [0.1, 0.15) is 26.5 Å². The molecule has 0 spiro atoms. The third-order valence-electron chi connectivity index (χ3n) is 4.18. The van der Waals surface area contributed by atoms with Gasteiger partial charge in [0.25, 0.3) is 5.91 Å². The lowest BCUT2D eigenvalue weighted by Gasteiger charge is -2.10. The van der Waals surface area contributed by atoms with Gasteiger partial charge in [0.1, 0.15) is 5.58 Å². The number of carbonyl (C=O) groups excluding carboxylic acids is 2. The normalized spacial score (nSPS) is 11.1. The number of phenols is 3. The summed E-state index contributed by atoms with van der Waals surface area (Å²) in [4.78, 5) is 26.8. The first kappa shape index (κ1) is 19.2. The second-order valence-corrected chi connectivity index (χ2v) is 6.61. The number of benzene rings is 2. The summed E-state index contributed by atoms with van der Waals surface area (Å²) in [6.45, 7) is 1.22. The van der Waals surface area contributed by atoms with Gasteiger partial charge < -0.3 is 30.0 Å². The molecule has 0 saturated heterocycles. The molecule has 146 valence electrons. The van der Waals surface area contributed by atoms with Crippen molar-refractivity contribution >= 4 is 22.7 Å². The highest BCUT2D eigenvalue weighted by atomic mass is 16.3. The number of carbonyl (C=O) groups is 2. The summed E-state index contributed by atoms with van der Waals surface area (Å²) in [5.41, 5.74) is 0.805. The summed E-state index contributed by atoms with van der Waals surface area (Å²) in [7, 11) is 3.83. The Kier molecular flexibility index (Phi) is 5.23. The highest BCUT2D eigenvalue weighted by Crippen LogP contribution is 2.36. The number of ketones is 1. The van der Waals surface area contributed by atoms with Crippen LogP contribution in [-0.2, 0) is 0 Å². The summed E-state index contributed by atoms with van der Waals surface area (Å²) in [6, 6.07) is 8.37. The average Bonchev–Trinajstić information content (AvgIpc) is 3.07. The van der Waals surface area contributed by atoms with Crippen molar-refractivity contribution in [2.75, 3.05) is 27.2 Å². The van der Waals surface area contributed by atoms with Crippen LogP contribution in [0.25, 0.3) is 11.0 Å². The maximum Gasteiger partial charge on any atom is 0.251 e. The van der Waals surface area contributed by atoms with E-state index in [0.717, 1.165) is 12.1 Å². The van der Waals surface area contributed by atoms with Gasteiger partial charge in [-0.05, 0) is 50.5 Å². The van der Waals surface area contributed by atoms with E-state index in [4.69, 9.17) is 4.42 Å². The Labute approximate surface area is 160 Å². The van der Waals surface area contributed by atoms with Crippen molar-refractivity contribution in [1.29, 1.82) is 0 Å². The van der Waals surface area contributed by atoms with E-state index in [2.05, 4.69) is 5.32 Å². The molecule has 28 heavy (non-hydrogen) atoms. The number of phenolic OH excluding ortho intramolecular Hbond substituents is 3. The SMILES string of the molecule is CN(C)CCNC(=O)c1ccc2oc(C(=O)c3cc(O)c(O)c(O)c3)cc2c1. The average molecular weight is 384 g/mol. The first-order valence-electron chi connectivity index (χ1n) is 8.52. The van der Waals surface area contributed by atoms with Crippen LogP contribution in [0.4, 0.5) is 0 Å². The number of hydrogen-bond acceptors (Lipinski definition) is 7. The summed E-state index contributed by atoms with van der Waals surface area (Å²) in [5.74, 6) is -2.77. The molecule has 1 heterocycles. The monoisotopic (exact) mass is 384 g/mol. The first-order valence-corrected chi connectivity index (χ1v) is 8.52. The molecule has 0 aliphatic rings. The van der Waals surface area contributed by atoms with Gasteiger partial charge in [-0.25, -0.2) is 0 Å². The van der Waals surface area contributed by atoms with Gasteiger partial charge in [-0.1, -0.05) is 0 Å². The number of nitrogens with zero attached hydrogens (tertiary/aromatic N) is 1. The predicted molar refractivity (Wildman–Crippen MR) is 102 cm³/mol. The number of hydrogen-bond donors (Lipinski definition) is 4. The fraction of sp³-hybridized carbons (Fsp3) is 0.200. The van der Waals surface area contributed by atoms with Crippen molar-refractivity contribution in [1.82, 2.24) is 10.2 Å². The van der Waals surface area contributed by atoms with Crippen LogP contribution in [0.3, 0.4) is 0 Å². The van der Waals surface area contributed by atoms with E-state index in [1.165, 1.54) is 6.07 Å². The van der Waals surface area contributed by atoms with Crippen molar-refractivity contribution in [2.24, 2.45) is 0 Å². The van der Waals surface area contributed by atoms with Crippen molar-refractivity contribution in [3.8, 4) is 17.2 Å². The molecule has 3 rings (SSSR count). The summed E-state index contributed by atoms with van der Waals surface area (Å²) in [6.07, 6.45) is 0. The number of amides is 1. The summed E-state index contributed by atoms with van der Waals surface area (Å²) in [5, 5.41) is 31.9. The van der Waals surface area contributed by atoms with Gasteiger partial charge in [-0.3, -0.25) is 9.59 Å². The van der Waals surface area contributed by atoms with Gasteiger partial charge >= 0.3 is 0 Å². The molecule has 2 aromatic carbocycles. The van der Waals surface area contributed by atoms with Gasteiger partial charge in [-0.2, -0.15) is 0 Å². The Hall–Kier alpha value is -3.52. The minimum Gasteiger partial charge on any atom is -0.504 e. The molecule has 0 aliphatic heterocycles. The minimum absolute atomic E-state index is 0.0235. The zero-order valence-electron chi connectivity index (χ0n) is 15.4. The number of aromatic hydroxyl groups is 3. The van der Waals surface area contributed by atoms with Gasteiger partial charge in [0.2, 0.25) is 5.78 Å². The maximum absolute atomic E-state index is 12.6. The number of fused-ring (bicyclic) bond motifs is 1. The van der Waals surface area contributed by atoms with Gasteiger partial charge in [-0.15, -0.1) is 0 Å². The van der Waals surface area contributed by atoms with Gasteiger partial charge in [0.05, 0.1) is 0 Å². The van der Waals surface area contributed by atoms with Crippen molar-refractivity contribution in [3.05, 3.63) is 53.3 Å². The lowest BCUT2D eigenvalue weighted by atomic mass is 10.1. The Bertz CT molecular complexity index is 1030. The lowest BCUT2D eigenvalue weighted by molar-refractivity contribution is 0.0950. The van der Waals surface area contributed by atoms with Crippen LogP contribution in [0.5, 0.6) is 17.2 Å². The highest BCUT2D eigenvalue weighted by molar-refractivity contribution is 6.10. The lowest BCUT2D eigenvalue weighted by Crippen LogP contribution is -2.31. The Morgan fingerprint density at radius 3 is 2.32 bits per heavy atom. The largest absolute Gasteiger partial charge is 0.504 e. The predicted octanol–water partition coefficient (Wildman–Crippen LogP) is 2.07. The van der Waals surface area contributed by atoms with Crippen LogP contribution in [0.15, 0.2) is 40.8 Å². The molecule has 1 amide bonds. The Balaban J connectivity index is 1.84. The number of rotatable bonds is 6. The van der Waals surface area contributed by atoms with Gasteiger partial charge in [0.15, 0.2) is 23.0 Å². The zero-order valence-corrected chi connectivity index (χ0v) is 15.4. The zero-order chi connectivity index (χ0) is 20.4. The van der Waals surface area contributed by atoms with Crippen LogP contribution in [0, 0.1) is 0 Å². The fourth-order valence-corrected chi connectivity index (χ4v) is 2.67. The van der Waals surface area contributed by atoms with Crippen LogP contribution in [-0.4, -0.2) is 59.1 Å². The number of likely N-dealkylation sites (N-methyl/N-ethyl adjacent to an activating group) is 1. The molecular formula is C20H20N2O6. The maximum atomic E-state index is 12.6. The number of furan rings is 1. The molecule has 0 fully saturated rings. The van der Waals surface area contributed by atoms with E-state index in [1.807, 2.05) is 19.0 Å². The quantitative estimate of drug-likeness (QED) is 0.379. The second-order valence-electron chi connectivity index (χ2n) is 6.61. The Morgan fingerprint density at radius 1 is 1.00 bits per heavy atom. The van der Waals surface area contributed by atoms with Crippen molar-refractivity contribution < 1.29 is 29.3 Å². The van der Waals surface area contributed by atoms with E-state index in [9.17, 15) is 24.9 Å². The molecule has 8 heteroatoms. The molecular weight excluding hydrogens is 364 g/mol. The first-order chi connectivity index (χ1) is 13.3. The van der Waals surface area contributed by atoms with E-state index in [0.29, 0.717) is 29.6 Å². The molecule has 1 aromatic heterocycles. The van der Waals surface area contributed by atoms with Crippen molar-refractivity contribution in [3.63, 3.8) is 0 Å². The Morgan fingerprint density at radius 2 is 1.68 bits per heavy atom. The third-order valence-corrected chi connectivity index (χ3v) is 4.18. The van der Waals surface area contributed by atoms with E-state index < -0.39 is 23.0 Å². The second kappa shape index (κ2) is 7.61.